The van der Waals surface area contributed by atoms with Crippen molar-refractivity contribution in [2.75, 3.05) is 0 Å². The Balaban J connectivity index is 2.16. The minimum Gasteiger partial charge on any atom is -0.457 e. The number of allylic oxidation sites excluding steroid dienone is 1. The van der Waals surface area contributed by atoms with Crippen molar-refractivity contribution in [3.05, 3.63) is 24.3 Å². The van der Waals surface area contributed by atoms with Gasteiger partial charge in [0.25, 0.3) is 0 Å². The molecule has 0 aromatic rings. The highest BCUT2D eigenvalue weighted by molar-refractivity contribution is 6.01. The molecule has 0 aromatic carbocycles. The largest absolute Gasteiger partial charge is 0.457 e. The molecule has 1 saturated carbocycles. The van der Waals surface area contributed by atoms with E-state index in [2.05, 4.69) is 6.58 Å². The Morgan fingerprint density at radius 1 is 1.42 bits per heavy atom. The Bertz CT molecular complexity index is 520. The summed E-state index contributed by atoms with van der Waals surface area (Å²) in [7, 11) is 0. The quantitative estimate of drug-likeness (QED) is 0.529. The van der Waals surface area contributed by atoms with Crippen LogP contribution in [-0.4, -0.2) is 28.6 Å². The molecule has 4 heteroatoms. The van der Waals surface area contributed by atoms with Crippen LogP contribution in [0.2, 0.25) is 0 Å². The first-order valence-electron chi connectivity index (χ1n) is 6.68. The fourth-order valence-electron chi connectivity index (χ4n) is 3.89. The van der Waals surface area contributed by atoms with E-state index in [-0.39, 0.29) is 17.6 Å². The molecule has 0 spiro atoms. The van der Waals surface area contributed by atoms with Gasteiger partial charge in [0.1, 0.15) is 17.1 Å². The molecular formula is C15H18O4. The first-order chi connectivity index (χ1) is 8.82. The molecule has 3 rings (SSSR count). The predicted molar refractivity (Wildman–Crippen MR) is 68.1 cm³/mol. The van der Waals surface area contributed by atoms with E-state index in [9.17, 15) is 14.7 Å². The van der Waals surface area contributed by atoms with Gasteiger partial charge in [-0.2, -0.15) is 0 Å². The van der Waals surface area contributed by atoms with Crippen molar-refractivity contribution in [1.29, 1.82) is 0 Å². The molecule has 102 valence electrons. The number of rotatable bonds is 0. The second kappa shape index (κ2) is 3.57. The van der Waals surface area contributed by atoms with Crippen molar-refractivity contribution >= 4 is 11.8 Å². The summed E-state index contributed by atoms with van der Waals surface area (Å²) in [5, 5.41) is 11.0. The molecule has 5 atom stereocenters. The van der Waals surface area contributed by atoms with E-state index in [0.29, 0.717) is 5.57 Å². The highest BCUT2D eigenvalue weighted by atomic mass is 16.6. The molecule has 1 aliphatic heterocycles. The Hall–Kier alpha value is -1.42. The van der Waals surface area contributed by atoms with Crippen LogP contribution in [0, 0.1) is 17.3 Å². The van der Waals surface area contributed by atoms with Crippen molar-refractivity contribution < 1.29 is 19.4 Å². The lowest BCUT2D eigenvalue weighted by atomic mass is 9.65. The molecule has 0 radical (unpaired) electrons. The molecule has 1 saturated heterocycles. The number of carbonyl (C=O) groups is 2. The number of carbonyl (C=O) groups excluding carboxylic acids is 2. The SMILES string of the molecule is C=C1C(=O)O[C@H]2[C@H]1CC[C@@H](C)[C@@]1(O)C=CC(=O)[C@]21C. The predicted octanol–water partition coefficient (Wildman–Crippen LogP) is 1.39. The monoisotopic (exact) mass is 262 g/mol. The molecule has 2 fully saturated rings. The zero-order chi connectivity index (χ0) is 14.0. The lowest BCUT2D eigenvalue weighted by Crippen LogP contribution is -2.56. The van der Waals surface area contributed by atoms with E-state index < -0.39 is 23.1 Å². The van der Waals surface area contributed by atoms with E-state index in [1.165, 1.54) is 6.08 Å². The second-order valence-corrected chi connectivity index (χ2v) is 6.16. The van der Waals surface area contributed by atoms with Crippen LogP contribution in [-0.2, 0) is 14.3 Å². The van der Waals surface area contributed by atoms with Crippen molar-refractivity contribution in [2.24, 2.45) is 17.3 Å². The van der Waals surface area contributed by atoms with Gasteiger partial charge < -0.3 is 9.84 Å². The number of hydrogen-bond acceptors (Lipinski definition) is 4. The van der Waals surface area contributed by atoms with Gasteiger partial charge in [0.05, 0.1) is 0 Å². The average molecular weight is 262 g/mol. The summed E-state index contributed by atoms with van der Waals surface area (Å²) in [5.74, 6) is -0.829. The molecule has 19 heavy (non-hydrogen) atoms. The fraction of sp³-hybridized carbons (Fsp3) is 0.600. The summed E-state index contributed by atoms with van der Waals surface area (Å²) in [6.45, 7) is 7.44. The van der Waals surface area contributed by atoms with Crippen LogP contribution in [0.3, 0.4) is 0 Å². The van der Waals surface area contributed by atoms with Gasteiger partial charge >= 0.3 is 5.97 Å². The maximum Gasteiger partial charge on any atom is 0.334 e. The summed E-state index contributed by atoms with van der Waals surface area (Å²) in [6.07, 6.45) is 3.85. The topological polar surface area (TPSA) is 63.6 Å². The van der Waals surface area contributed by atoms with Gasteiger partial charge in [0.15, 0.2) is 5.78 Å². The van der Waals surface area contributed by atoms with E-state index in [0.717, 1.165) is 12.8 Å². The third-order valence-electron chi connectivity index (χ3n) is 5.37. The van der Waals surface area contributed by atoms with Crippen LogP contribution in [0.5, 0.6) is 0 Å². The molecule has 0 unspecified atom stereocenters. The lowest BCUT2D eigenvalue weighted by Gasteiger charge is -2.43. The third kappa shape index (κ3) is 1.27. The van der Waals surface area contributed by atoms with Gasteiger partial charge in [0, 0.05) is 11.5 Å². The second-order valence-electron chi connectivity index (χ2n) is 6.16. The zero-order valence-corrected chi connectivity index (χ0v) is 11.2. The Morgan fingerprint density at radius 2 is 2.11 bits per heavy atom. The third-order valence-corrected chi connectivity index (χ3v) is 5.37. The Morgan fingerprint density at radius 3 is 2.79 bits per heavy atom. The highest BCUT2D eigenvalue weighted by Crippen LogP contribution is 2.56. The van der Waals surface area contributed by atoms with E-state index in [4.69, 9.17) is 4.74 Å². The number of ether oxygens (including phenoxy) is 1. The summed E-state index contributed by atoms with van der Waals surface area (Å²) in [6, 6.07) is 0. The van der Waals surface area contributed by atoms with Crippen LogP contribution in [0.1, 0.15) is 26.7 Å². The first-order valence-corrected chi connectivity index (χ1v) is 6.68. The molecule has 0 amide bonds. The number of hydrogen-bond donors (Lipinski definition) is 1. The number of esters is 1. The smallest absolute Gasteiger partial charge is 0.334 e. The van der Waals surface area contributed by atoms with Gasteiger partial charge in [-0.1, -0.05) is 13.5 Å². The van der Waals surface area contributed by atoms with Crippen LogP contribution >= 0.6 is 0 Å². The Kier molecular flexibility index (Phi) is 2.37. The van der Waals surface area contributed by atoms with Crippen molar-refractivity contribution in [3.63, 3.8) is 0 Å². The van der Waals surface area contributed by atoms with Gasteiger partial charge in [-0.3, -0.25) is 4.79 Å². The van der Waals surface area contributed by atoms with Gasteiger partial charge in [-0.05, 0) is 37.8 Å². The average Bonchev–Trinajstić information content (AvgIpc) is 2.76. The molecule has 0 bridgehead atoms. The van der Waals surface area contributed by atoms with Crippen molar-refractivity contribution in [3.8, 4) is 0 Å². The first kappa shape index (κ1) is 12.6. The van der Waals surface area contributed by atoms with E-state index in [1.807, 2.05) is 6.92 Å². The van der Waals surface area contributed by atoms with Crippen LogP contribution in [0.4, 0.5) is 0 Å². The molecular weight excluding hydrogens is 244 g/mol. The summed E-state index contributed by atoms with van der Waals surface area (Å²) < 4.78 is 5.40. The minimum atomic E-state index is -1.24. The highest BCUT2D eigenvalue weighted by Gasteiger charge is 2.66. The minimum absolute atomic E-state index is 0.0581. The van der Waals surface area contributed by atoms with Crippen molar-refractivity contribution in [1.82, 2.24) is 0 Å². The van der Waals surface area contributed by atoms with Gasteiger partial charge in [-0.25, -0.2) is 4.79 Å². The molecule has 1 heterocycles. The molecule has 2 aliphatic carbocycles. The van der Waals surface area contributed by atoms with Gasteiger partial charge in [0.2, 0.25) is 0 Å². The van der Waals surface area contributed by atoms with Crippen molar-refractivity contribution in [2.45, 2.75) is 38.4 Å². The van der Waals surface area contributed by atoms with Gasteiger partial charge in [-0.15, -0.1) is 0 Å². The molecule has 1 N–H and O–H groups in total. The zero-order valence-electron chi connectivity index (χ0n) is 11.2. The normalized spacial score (nSPS) is 48.8. The summed E-state index contributed by atoms with van der Waals surface area (Å²) >= 11 is 0. The molecule has 4 nitrogen and oxygen atoms in total. The standard InChI is InChI=1S/C15H18O4/c1-8-4-5-10-9(2)13(17)19-12(10)14(3)11(16)6-7-15(8,14)18/h6-8,10,12,18H,2,4-5H2,1,3H3/t8-,10+,12+,14-,15+/m1/s1. The Labute approximate surface area is 112 Å². The lowest BCUT2D eigenvalue weighted by molar-refractivity contribution is -0.165. The number of ketones is 1. The molecule has 3 aliphatic rings. The van der Waals surface area contributed by atoms with Crippen LogP contribution in [0.15, 0.2) is 24.3 Å². The summed E-state index contributed by atoms with van der Waals surface area (Å²) in [5.41, 5.74) is -1.90. The van der Waals surface area contributed by atoms with Crippen LogP contribution in [0.25, 0.3) is 0 Å². The van der Waals surface area contributed by atoms with Crippen LogP contribution < -0.4 is 0 Å². The maximum atomic E-state index is 12.3. The maximum absolute atomic E-state index is 12.3. The fourth-order valence-corrected chi connectivity index (χ4v) is 3.89. The van der Waals surface area contributed by atoms with E-state index in [1.54, 1.807) is 13.0 Å². The molecule has 0 aromatic heterocycles. The number of aliphatic hydroxyl groups is 1. The summed E-state index contributed by atoms with van der Waals surface area (Å²) in [4.78, 5) is 24.1. The number of fused-ring (bicyclic) bond motifs is 3. The van der Waals surface area contributed by atoms with E-state index >= 15 is 0 Å².